The maximum absolute atomic E-state index is 14.8. The number of hydrogen-bond donors (Lipinski definition) is 2. The number of amides is 2. The van der Waals surface area contributed by atoms with Crippen molar-refractivity contribution in [1.82, 2.24) is 4.90 Å². The van der Waals surface area contributed by atoms with Crippen LogP contribution in [0.4, 0.5) is 14.5 Å². The Kier molecular flexibility index (Phi) is 7.01. The Morgan fingerprint density at radius 1 is 1.14 bits per heavy atom. The molecular formula is C26H30F2N2O5S. The SMILES string of the molecule is COc1ccc2c(c1)CCN(C(=O)[C@H]1C[C@@H]1CC(=O)O)[C@H]2C(=O)Nc1cc(F)c(S(C)(C)C)c(F)c1. The number of carbonyl (C=O) groups is 3. The first-order valence-corrected chi connectivity index (χ1v) is 14.4. The summed E-state index contributed by atoms with van der Waals surface area (Å²) in [6, 6.07) is 6.38. The lowest BCUT2D eigenvalue weighted by molar-refractivity contribution is -0.141. The summed E-state index contributed by atoms with van der Waals surface area (Å²) >= 11 is 0. The molecule has 1 aliphatic heterocycles. The summed E-state index contributed by atoms with van der Waals surface area (Å²) in [6.45, 7) is 0.252. The first kappa shape index (κ1) is 25.9. The lowest BCUT2D eigenvalue weighted by Crippen LogP contribution is -2.46. The molecule has 1 saturated carbocycles. The Labute approximate surface area is 210 Å². The zero-order valence-corrected chi connectivity index (χ0v) is 21.5. The number of anilines is 1. The molecule has 10 heteroatoms. The van der Waals surface area contributed by atoms with E-state index in [2.05, 4.69) is 5.32 Å². The topological polar surface area (TPSA) is 95.9 Å². The van der Waals surface area contributed by atoms with Crippen molar-refractivity contribution in [1.29, 1.82) is 0 Å². The molecular weight excluding hydrogens is 490 g/mol. The number of ether oxygens (including phenoxy) is 1. The van der Waals surface area contributed by atoms with Crippen molar-refractivity contribution < 1.29 is 33.0 Å². The molecule has 1 aliphatic carbocycles. The maximum atomic E-state index is 14.8. The molecule has 7 nitrogen and oxygen atoms in total. The van der Waals surface area contributed by atoms with Crippen molar-refractivity contribution in [3.05, 3.63) is 53.1 Å². The van der Waals surface area contributed by atoms with Crippen molar-refractivity contribution in [3.63, 3.8) is 0 Å². The molecule has 0 unspecified atom stereocenters. The van der Waals surface area contributed by atoms with Gasteiger partial charge in [-0.3, -0.25) is 14.4 Å². The van der Waals surface area contributed by atoms with Crippen LogP contribution in [0, 0.1) is 23.5 Å². The Balaban J connectivity index is 1.65. The zero-order chi connectivity index (χ0) is 26.4. The summed E-state index contributed by atoms with van der Waals surface area (Å²) in [5.74, 6) is -3.42. The van der Waals surface area contributed by atoms with E-state index in [1.807, 2.05) is 6.07 Å². The number of nitrogens with zero attached hydrogens (tertiary/aromatic N) is 1. The highest BCUT2D eigenvalue weighted by atomic mass is 32.3. The number of carboxylic acids is 1. The fourth-order valence-electron chi connectivity index (χ4n) is 4.89. The van der Waals surface area contributed by atoms with Crippen molar-refractivity contribution in [2.75, 3.05) is 37.7 Å². The van der Waals surface area contributed by atoms with E-state index in [-0.39, 0.29) is 35.4 Å². The smallest absolute Gasteiger partial charge is 0.303 e. The lowest BCUT2D eigenvalue weighted by atomic mass is 9.91. The molecule has 194 valence electrons. The van der Waals surface area contributed by atoms with Gasteiger partial charge in [-0.1, -0.05) is 6.07 Å². The van der Waals surface area contributed by atoms with Crippen LogP contribution >= 0.6 is 10.0 Å². The van der Waals surface area contributed by atoms with Gasteiger partial charge in [0.2, 0.25) is 5.91 Å². The number of fused-ring (bicyclic) bond motifs is 1. The largest absolute Gasteiger partial charge is 0.497 e. The van der Waals surface area contributed by atoms with Gasteiger partial charge in [0, 0.05) is 24.6 Å². The third-order valence-corrected chi connectivity index (χ3v) is 8.28. The van der Waals surface area contributed by atoms with E-state index >= 15 is 0 Å². The van der Waals surface area contributed by atoms with E-state index in [1.165, 1.54) is 12.0 Å². The summed E-state index contributed by atoms with van der Waals surface area (Å²) in [6.07, 6.45) is 6.18. The van der Waals surface area contributed by atoms with Gasteiger partial charge in [0.1, 0.15) is 23.4 Å². The average Bonchev–Trinajstić information content (AvgIpc) is 3.54. The average molecular weight is 521 g/mol. The summed E-state index contributed by atoms with van der Waals surface area (Å²) in [5.41, 5.74) is 1.39. The third-order valence-electron chi connectivity index (χ3n) is 6.66. The number of benzene rings is 2. The Bertz CT molecular complexity index is 1210. The van der Waals surface area contributed by atoms with Crippen LogP contribution in [0.1, 0.15) is 30.0 Å². The highest BCUT2D eigenvalue weighted by molar-refractivity contribution is 8.32. The van der Waals surface area contributed by atoms with E-state index in [0.29, 0.717) is 24.2 Å². The molecule has 2 aromatic rings. The molecule has 2 amide bonds. The van der Waals surface area contributed by atoms with Crippen LogP contribution in [-0.4, -0.2) is 60.2 Å². The minimum Gasteiger partial charge on any atom is -0.497 e. The number of carbonyl (C=O) groups excluding carboxylic acids is 2. The Morgan fingerprint density at radius 2 is 1.81 bits per heavy atom. The zero-order valence-electron chi connectivity index (χ0n) is 20.6. The van der Waals surface area contributed by atoms with Crippen molar-refractivity contribution in [3.8, 4) is 5.75 Å². The predicted molar refractivity (Wildman–Crippen MR) is 134 cm³/mol. The van der Waals surface area contributed by atoms with Gasteiger partial charge in [-0.2, -0.15) is 0 Å². The molecule has 2 aromatic carbocycles. The van der Waals surface area contributed by atoms with E-state index < -0.39 is 45.5 Å². The van der Waals surface area contributed by atoms with E-state index in [0.717, 1.165) is 17.7 Å². The molecule has 36 heavy (non-hydrogen) atoms. The van der Waals surface area contributed by atoms with Crippen LogP contribution < -0.4 is 10.1 Å². The number of halogens is 2. The van der Waals surface area contributed by atoms with Crippen LogP contribution in [0.25, 0.3) is 0 Å². The third kappa shape index (κ3) is 5.18. The molecule has 1 heterocycles. The molecule has 0 saturated heterocycles. The molecule has 3 atom stereocenters. The quantitative estimate of drug-likeness (QED) is 0.571. The maximum Gasteiger partial charge on any atom is 0.303 e. The van der Waals surface area contributed by atoms with E-state index in [4.69, 9.17) is 9.84 Å². The second kappa shape index (κ2) is 9.72. The molecule has 2 aliphatic rings. The molecule has 0 spiro atoms. The van der Waals surface area contributed by atoms with Gasteiger partial charge < -0.3 is 20.1 Å². The van der Waals surface area contributed by atoms with Gasteiger partial charge in [-0.25, -0.2) is 18.8 Å². The minimum atomic E-state index is -1.68. The Hall–Kier alpha value is -3.14. The van der Waals surface area contributed by atoms with Gasteiger partial charge in [-0.15, -0.1) is 0 Å². The standard InChI is InChI=1S/C26H30F2N2O5S/c1-35-17-5-6-18-14(9-17)7-8-30(26(34)19-10-15(19)11-22(31)32)23(18)25(33)29-16-12-20(27)24(21(28)13-16)36(2,3)4/h5-6,9,12-13,15,19,23H,7-8,10-11H2,1-4H3,(H,29,33)(H,31,32)/t15-,19+,23-/m1/s1. The molecule has 1 fully saturated rings. The second-order valence-corrected chi connectivity index (χ2v) is 14.1. The first-order valence-electron chi connectivity index (χ1n) is 11.6. The number of carboxylic acid groups (broad SMARTS) is 1. The van der Waals surface area contributed by atoms with Crippen molar-refractivity contribution in [2.45, 2.75) is 30.2 Å². The normalized spacial score (nSPS) is 21.4. The predicted octanol–water partition coefficient (Wildman–Crippen LogP) is 4.20. The van der Waals surface area contributed by atoms with Gasteiger partial charge in [0.05, 0.1) is 12.0 Å². The van der Waals surface area contributed by atoms with Crippen LogP contribution in [0.2, 0.25) is 0 Å². The van der Waals surface area contributed by atoms with Crippen LogP contribution in [-0.2, 0) is 20.8 Å². The van der Waals surface area contributed by atoms with Gasteiger partial charge in [0.25, 0.3) is 5.91 Å². The minimum absolute atomic E-state index is 0.00520. The van der Waals surface area contributed by atoms with E-state index in [9.17, 15) is 23.2 Å². The fourth-order valence-corrected chi connectivity index (χ4v) is 6.18. The van der Waals surface area contributed by atoms with Crippen molar-refractivity contribution >= 4 is 33.5 Å². The number of hydrogen-bond acceptors (Lipinski definition) is 4. The number of aliphatic carboxylic acids is 1. The fraction of sp³-hybridized carbons (Fsp3) is 0.423. The monoisotopic (exact) mass is 520 g/mol. The summed E-state index contributed by atoms with van der Waals surface area (Å²) in [5, 5.41) is 11.7. The molecule has 2 N–H and O–H groups in total. The van der Waals surface area contributed by atoms with Gasteiger partial charge in [-0.05, 0) is 72.9 Å². The van der Waals surface area contributed by atoms with Crippen LogP contribution in [0.3, 0.4) is 0 Å². The molecule has 0 bridgehead atoms. The number of nitrogens with one attached hydrogen (secondary N) is 1. The summed E-state index contributed by atoms with van der Waals surface area (Å²) in [7, 11) is -0.148. The first-order chi connectivity index (χ1) is 16.9. The molecule has 0 aromatic heterocycles. The highest BCUT2D eigenvalue weighted by Gasteiger charge is 2.49. The van der Waals surface area contributed by atoms with Crippen LogP contribution in [0.5, 0.6) is 5.75 Å². The lowest BCUT2D eigenvalue weighted by Gasteiger charge is -2.37. The van der Waals surface area contributed by atoms with Gasteiger partial charge in [0.15, 0.2) is 0 Å². The summed E-state index contributed by atoms with van der Waals surface area (Å²) in [4.78, 5) is 39.4. The molecule has 0 radical (unpaired) electrons. The highest BCUT2D eigenvalue weighted by Crippen LogP contribution is 2.49. The number of methoxy groups -OCH3 is 1. The Morgan fingerprint density at radius 3 is 2.39 bits per heavy atom. The number of rotatable bonds is 7. The molecule has 4 rings (SSSR count). The van der Waals surface area contributed by atoms with E-state index in [1.54, 1.807) is 30.9 Å². The van der Waals surface area contributed by atoms with Crippen molar-refractivity contribution in [2.24, 2.45) is 11.8 Å². The van der Waals surface area contributed by atoms with Crippen LogP contribution in [0.15, 0.2) is 35.2 Å². The summed E-state index contributed by atoms with van der Waals surface area (Å²) < 4.78 is 34.9. The van der Waals surface area contributed by atoms with Gasteiger partial charge >= 0.3 is 5.97 Å². The second-order valence-electron chi connectivity index (χ2n) is 10.0.